The third kappa shape index (κ3) is 6.33. The van der Waals surface area contributed by atoms with E-state index in [1.165, 1.54) is 10.8 Å². The van der Waals surface area contributed by atoms with Gasteiger partial charge >= 0.3 is 5.69 Å². The van der Waals surface area contributed by atoms with E-state index in [4.69, 9.17) is 4.74 Å². The molecule has 1 aliphatic rings. The lowest BCUT2D eigenvalue weighted by atomic mass is 10.1. The number of carbonyl (C=O) groups is 1. The van der Waals surface area contributed by atoms with Crippen LogP contribution in [0.5, 0.6) is 0 Å². The number of hydrogen-bond acceptors (Lipinski definition) is 6. The highest BCUT2D eigenvalue weighted by atomic mass is 28.4. The van der Waals surface area contributed by atoms with Gasteiger partial charge in [-0.05, 0) is 35.2 Å². The molecule has 11 heteroatoms. The average Bonchev–Trinajstić information content (AvgIpc) is 3.25. The van der Waals surface area contributed by atoms with Crippen molar-refractivity contribution in [1.29, 1.82) is 0 Å². The minimum atomic E-state index is -3.12. The molecule has 1 aliphatic heterocycles. The number of hydrogen-bond donors (Lipinski definition) is 3. The van der Waals surface area contributed by atoms with E-state index < -0.39 is 38.1 Å². The highest BCUT2D eigenvalue weighted by Gasteiger charge is 2.43. The Labute approximate surface area is 223 Å². The molecule has 1 fully saturated rings. The van der Waals surface area contributed by atoms with Crippen molar-refractivity contribution in [2.45, 2.75) is 89.9 Å². The van der Waals surface area contributed by atoms with E-state index in [2.05, 4.69) is 5.32 Å². The molecule has 0 bridgehead atoms. The van der Waals surface area contributed by atoms with Gasteiger partial charge in [0, 0.05) is 31.3 Å². The zero-order chi connectivity index (χ0) is 28.2. The predicted molar refractivity (Wildman–Crippen MR) is 146 cm³/mol. The van der Waals surface area contributed by atoms with E-state index in [0.29, 0.717) is 12.0 Å². The molecule has 9 nitrogen and oxygen atoms in total. The van der Waals surface area contributed by atoms with Crippen LogP contribution in [0.4, 0.5) is 4.11 Å². The fourth-order valence-corrected chi connectivity index (χ4v) is 8.48. The van der Waals surface area contributed by atoms with Crippen molar-refractivity contribution in [2.24, 2.45) is 0 Å². The molecule has 1 aromatic heterocycles. The van der Waals surface area contributed by atoms with Crippen LogP contribution >= 0.6 is 0 Å². The maximum absolute atomic E-state index is 15.7. The van der Waals surface area contributed by atoms with Crippen molar-refractivity contribution in [3.05, 3.63) is 62.4 Å². The zero-order valence-electron chi connectivity index (χ0n) is 22.8. The molecule has 210 valence electrons. The lowest BCUT2D eigenvalue weighted by molar-refractivity contribution is -0.120. The number of ether oxygens (including phenoxy) is 1. The van der Waals surface area contributed by atoms with Gasteiger partial charge in [-0.2, -0.15) is 0 Å². The first-order valence-electron chi connectivity index (χ1n) is 13.2. The number of aliphatic hydroxyl groups excluding tert-OH is 2. The van der Waals surface area contributed by atoms with E-state index in [0.717, 1.165) is 15.3 Å². The first-order chi connectivity index (χ1) is 17.9. The lowest BCUT2D eigenvalue weighted by Crippen LogP contribution is -2.49. The monoisotopic (exact) mass is 549 g/mol. The number of rotatable bonds is 11. The van der Waals surface area contributed by atoms with E-state index in [9.17, 15) is 24.6 Å². The summed E-state index contributed by atoms with van der Waals surface area (Å²) in [5.74, 6) is -0.202. The number of amides is 1. The molecule has 38 heavy (non-hydrogen) atoms. The average molecular weight is 550 g/mol. The molecule has 3 unspecified atom stereocenters. The first kappa shape index (κ1) is 29.9. The van der Waals surface area contributed by atoms with Gasteiger partial charge in [0.05, 0.1) is 19.1 Å². The van der Waals surface area contributed by atoms with E-state index in [1.54, 1.807) is 31.2 Å². The van der Waals surface area contributed by atoms with Gasteiger partial charge in [0.2, 0.25) is 5.91 Å². The number of halogens is 1. The second-order valence-corrected chi connectivity index (χ2v) is 15.2. The molecule has 0 aliphatic carbocycles. The lowest BCUT2D eigenvalue weighted by Gasteiger charge is -2.30. The SMILES string of the molecule is Cc1cn(C2CC(O)C(CO)O2)c(=O)n(CCCNC(=O)Cc2ccc([Si](F)(C(C)C)C(C)C)cc2)c1=O. The number of aryl methyl sites for hydroxylation is 1. The van der Waals surface area contributed by atoms with Crippen LogP contribution in [0, 0.1) is 6.92 Å². The van der Waals surface area contributed by atoms with Crippen LogP contribution in [-0.4, -0.2) is 59.0 Å². The standard InChI is InChI=1S/C27H40FN3O6Si/c1-17(2)38(28,18(3)4)21-9-7-20(8-10-21)13-24(34)29-11-6-12-30-26(35)19(5)15-31(27(30)36)25-14-22(33)23(16-32)37-25/h7-10,15,17-18,22-23,25,32-33H,6,11-14,16H2,1-5H3,(H,29,34). The van der Waals surface area contributed by atoms with Crippen LogP contribution in [0.3, 0.4) is 0 Å². The summed E-state index contributed by atoms with van der Waals surface area (Å²) in [6.45, 7) is 9.28. The second kappa shape index (κ2) is 12.5. The van der Waals surface area contributed by atoms with Crippen molar-refractivity contribution < 1.29 is 23.9 Å². The number of carbonyl (C=O) groups excluding carboxylic acids is 1. The van der Waals surface area contributed by atoms with E-state index in [1.807, 2.05) is 27.7 Å². The topological polar surface area (TPSA) is 123 Å². The number of aliphatic hydroxyl groups is 2. The summed E-state index contributed by atoms with van der Waals surface area (Å²) in [5, 5.41) is 22.9. The van der Waals surface area contributed by atoms with Crippen molar-refractivity contribution in [2.75, 3.05) is 13.2 Å². The van der Waals surface area contributed by atoms with Crippen LogP contribution < -0.4 is 21.8 Å². The minimum absolute atomic E-state index is 0.0450. The van der Waals surface area contributed by atoms with E-state index in [-0.39, 0.29) is 49.5 Å². The minimum Gasteiger partial charge on any atom is -0.394 e. The van der Waals surface area contributed by atoms with Gasteiger partial charge in [0.1, 0.15) is 12.3 Å². The molecule has 3 rings (SSSR count). The van der Waals surface area contributed by atoms with Gasteiger partial charge in [-0.25, -0.2) is 4.79 Å². The number of aromatic nitrogens is 2. The molecular formula is C27H40FN3O6Si. The molecule has 3 atom stereocenters. The fourth-order valence-electron chi connectivity index (χ4n) is 5.14. The van der Waals surface area contributed by atoms with Gasteiger partial charge < -0.3 is 24.4 Å². The quantitative estimate of drug-likeness (QED) is 0.223. The molecule has 1 amide bonds. The van der Waals surface area contributed by atoms with Crippen LogP contribution in [0.1, 0.15) is 57.9 Å². The summed E-state index contributed by atoms with van der Waals surface area (Å²) >= 11 is 0. The zero-order valence-corrected chi connectivity index (χ0v) is 23.8. The summed E-state index contributed by atoms with van der Waals surface area (Å²) in [4.78, 5) is 38.0. The summed E-state index contributed by atoms with van der Waals surface area (Å²) in [7, 11) is -3.12. The number of benzene rings is 1. The Morgan fingerprint density at radius 1 is 1.18 bits per heavy atom. The summed E-state index contributed by atoms with van der Waals surface area (Å²) in [5.41, 5.74) is 0.0434. The van der Waals surface area contributed by atoms with Crippen LogP contribution in [-0.2, 0) is 22.5 Å². The third-order valence-electron chi connectivity index (χ3n) is 7.38. The van der Waals surface area contributed by atoms with Gasteiger partial charge in [0.15, 0.2) is 0 Å². The Balaban J connectivity index is 1.58. The van der Waals surface area contributed by atoms with Crippen molar-refractivity contribution in [1.82, 2.24) is 14.5 Å². The normalized spacial score (nSPS) is 19.9. The van der Waals surface area contributed by atoms with Gasteiger partial charge in [-0.15, -0.1) is 0 Å². The predicted octanol–water partition coefficient (Wildman–Crippen LogP) is 1.65. The van der Waals surface area contributed by atoms with E-state index >= 15 is 4.11 Å². The van der Waals surface area contributed by atoms with Gasteiger partial charge in [0.25, 0.3) is 14.0 Å². The molecule has 0 saturated carbocycles. The molecule has 1 saturated heterocycles. The Kier molecular flexibility index (Phi) is 9.85. The fraction of sp³-hybridized carbons (Fsp3) is 0.593. The van der Waals surface area contributed by atoms with Gasteiger partial charge in [-0.3, -0.25) is 18.7 Å². The highest BCUT2D eigenvalue weighted by molar-refractivity contribution is 6.88. The van der Waals surface area contributed by atoms with Crippen LogP contribution in [0.25, 0.3) is 0 Å². The van der Waals surface area contributed by atoms with Gasteiger partial charge in [-0.1, -0.05) is 52.0 Å². The second-order valence-electron chi connectivity index (χ2n) is 10.7. The highest BCUT2D eigenvalue weighted by Crippen LogP contribution is 2.33. The smallest absolute Gasteiger partial charge is 0.333 e. The number of nitrogens with zero attached hydrogens (tertiary/aromatic N) is 2. The summed E-state index contributed by atoms with van der Waals surface area (Å²) in [6.07, 6.45) is -0.434. The Morgan fingerprint density at radius 3 is 2.37 bits per heavy atom. The number of nitrogens with one attached hydrogen (secondary N) is 1. The maximum Gasteiger partial charge on any atom is 0.333 e. The molecular weight excluding hydrogens is 509 g/mol. The Bertz CT molecular complexity index is 1220. The molecule has 2 heterocycles. The maximum atomic E-state index is 15.7. The molecule has 2 aromatic rings. The Hall–Kier alpha value is -2.60. The summed E-state index contributed by atoms with van der Waals surface area (Å²) < 4.78 is 23.7. The largest absolute Gasteiger partial charge is 0.394 e. The molecule has 3 N–H and O–H groups in total. The van der Waals surface area contributed by atoms with Crippen molar-refractivity contribution in [3.63, 3.8) is 0 Å². The van der Waals surface area contributed by atoms with Crippen LogP contribution in [0.2, 0.25) is 11.1 Å². The molecule has 0 radical (unpaired) electrons. The third-order valence-corrected chi connectivity index (χ3v) is 12.0. The molecule has 0 spiro atoms. The van der Waals surface area contributed by atoms with Crippen LogP contribution in [0.15, 0.2) is 40.1 Å². The summed E-state index contributed by atoms with van der Waals surface area (Å²) in [6, 6.07) is 7.22. The van der Waals surface area contributed by atoms with Crippen molar-refractivity contribution >= 4 is 19.5 Å². The molecule has 1 aromatic carbocycles. The van der Waals surface area contributed by atoms with Crippen molar-refractivity contribution in [3.8, 4) is 0 Å². The first-order valence-corrected chi connectivity index (χ1v) is 15.2. The Morgan fingerprint density at radius 2 is 1.82 bits per heavy atom.